The quantitative estimate of drug-likeness (QED) is 0.888. The second-order valence-corrected chi connectivity index (χ2v) is 9.65. The van der Waals surface area contributed by atoms with Gasteiger partial charge in [-0.1, -0.05) is 24.3 Å². The van der Waals surface area contributed by atoms with Gasteiger partial charge < -0.3 is 9.88 Å². The molecule has 26 heavy (non-hydrogen) atoms. The van der Waals surface area contributed by atoms with Gasteiger partial charge >= 0.3 is 0 Å². The summed E-state index contributed by atoms with van der Waals surface area (Å²) in [6.07, 6.45) is 7.84. The van der Waals surface area contributed by atoms with Crippen molar-refractivity contribution in [1.29, 1.82) is 0 Å². The van der Waals surface area contributed by atoms with E-state index >= 15 is 0 Å². The highest BCUT2D eigenvalue weighted by Crippen LogP contribution is 2.50. The molecule has 1 aromatic carbocycles. The van der Waals surface area contributed by atoms with Crippen LogP contribution in [0.3, 0.4) is 0 Å². The molecule has 1 atom stereocenters. The fraction of sp³-hybridized carbons (Fsp3) is 0.526. The molecule has 1 unspecified atom stereocenters. The van der Waals surface area contributed by atoms with Gasteiger partial charge in [-0.15, -0.1) is 0 Å². The van der Waals surface area contributed by atoms with Gasteiger partial charge in [-0.2, -0.15) is 0 Å². The fourth-order valence-electron chi connectivity index (χ4n) is 4.58. The van der Waals surface area contributed by atoms with Crippen LogP contribution in [0.15, 0.2) is 36.8 Å². The van der Waals surface area contributed by atoms with E-state index < -0.39 is 10.0 Å². The molecule has 0 amide bonds. The van der Waals surface area contributed by atoms with Crippen molar-refractivity contribution in [1.82, 2.24) is 19.2 Å². The summed E-state index contributed by atoms with van der Waals surface area (Å²) in [7, 11) is -1.09. The van der Waals surface area contributed by atoms with E-state index in [1.807, 2.05) is 24.1 Å². The van der Waals surface area contributed by atoms with Gasteiger partial charge in [0.2, 0.25) is 10.0 Å². The third-order valence-corrected chi connectivity index (χ3v) is 7.40. The summed E-state index contributed by atoms with van der Waals surface area (Å²) >= 11 is 0. The van der Waals surface area contributed by atoms with Gasteiger partial charge in [0.05, 0.1) is 18.3 Å². The van der Waals surface area contributed by atoms with Gasteiger partial charge in [0.25, 0.3) is 0 Å². The zero-order chi connectivity index (χ0) is 18.4. The van der Waals surface area contributed by atoms with E-state index in [0.717, 1.165) is 31.5 Å². The average molecular weight is 375 g/mol. The summed E-state index contributed by atoms with van der Waals surface area (Å²) in [5.74, 6) is 0. The maximum atomic E-state index is 11.9. The van der Waals surface area contributed by atoms with Gasteiger partial charge in [0, 0.05) is 38.9 Å². The predicted octanol–water partition coefficient (Wildman–Crippen LogP) is 1.95. The number of nitrogens with one attached hydrogen (secondary N) is 1. The van der Waals surface area contributed by atoms with E-state index in [4.69, 9.17) is 0 Å². The molecule has 140 valence electrons. The minimum absolute atomic E-state index is 0.0852. The van der Waals surface area contributed by atoms with Crippen molar-refractivity contribution in [3.8, 4) is 0 Å². The van der Waals surface area contributed by atoms with Crippen molar-refractivity contribution < 1.29 is 8.42 Å². The molecule has 4 rings (SSSR count). The first-order valence-corrected chi connectivity index (χ1v) is 11.0. The lowest BCUT2D eigenvalue weighted by molar-refractivity contribution is 0.220. The normalized spacial score (nSPS) is 22.6. The van der Waals surface area contributed by atoms with Crippen molar-refractivity contribution >= 4 is 10.0 Å². The lowest BCUT2D eigenvalue weighted by Gasteiger charge is -2.39. The van der Waals surface area contributed by atoms with Gasteiger partial charge in [-0.25, -0.2) is 17.7 Å². The Bertz CT molecular complexity index is 898. The Morgan fingerprint density at radius 1 is 1.27 bits per heavy atom. The molecular weight excluding hydrogens is 348 g/mol. The number of hydrogen-bond donors (Lipinski definition) is 1. The number of piperidine rings is 1. The summed E-state index contributed by atoms with van der Waals surface area (Å²) in [5.41, 5.74) is 4.01. The van der Waals surface area contributed by atoms with Crippen LogP contribution in [-0.4, -0.2) is 41.6 Å². The van der Waals surface area contributed by atoms with Crippen LogP contribution >= 0.6 is 0 Å². The highest BCUT2D eigenvalue weighted by Gasteiger charge is 2.46. The van der Waals surface area contributed by atoms with Crippen LogP contribution in [0.2, 0.25) is 0 Å². The van der Waals surface area contributed by atoms with Crippen molar-refractivity contribution in [2.75, 3.05) is 19.3 Å². The molecule has 1 aliphatic heterocycles. The summed E-state index contributed by atoms with van der Waals surface area (Å²) in [5, 5.41) is 3.70. The number of hydrogen-bond acceptors (Lipinski definition) is 4. The van der Waals surface area contributed by atoms with E-state index in [-0.39, 0.29) is 5.41 Å². The first-order chi connectivity index (χ1) is 12.4. The summed E-state index contributed by atoms with van der Waals surface area (Å²) in [6.45, 7) is 2.00. The molecule has 1 saturated heterocycles. The number of aryl methyl sites for hydroxylation is 1. The Morgan fingerprint density at radius 3 is 2.65 bits per heavy atom. The van der Waals surface area contributed by atoms with Crippen LogP contribution in [-0.2, 0) is 29.0 Å². The SMILES string of the molecule is Cn1cncc1CNC1CC2(CCN(S(C)(=O)=O)CC2)c2ccccc21. The van der Waals surface area contributed by atoms with Crippen LogP contribution < -0.4 is 5.32 Å². The smallest absolute Gasteiger partial charge is 0.211 e. The summed E-state index contributed by atoms with van der Waals surface area (Å²) in [6, 6.07) is 8.95. The number of imidazole rings is 1. The molecule has 1 spiro atoms. The molecule has 1 fully saturated rings. The molecule has 7 heteroatoms. The zero-order valence-electron chi connectivity index (χ0n) is 15.4. The number of rotatable bonds is 4. The lowest BCUT2D eigenvalue weighted by Crippen LogP contribution is -2.44. The van der Waals surface area contributed by atoms with Crippen molar-refractivity contribution in [3.05, 3.63) is 53.6 Å². The average Bonchev–Trinajstić information content (AvgIpc) is 3.15. The predicted molar refractivity (Wildman–Crippen MR) is 101 cm³/mol. The van der Waals surface area contributed by atoms with Gasteiger partial charge in [0.15, 0.2) is 0 Å². The van der Waals surface area contributed by atoms with E-state index in [1.54, 1.807) is 4.31 Å². The third-order valence-electron chi connectivity index (χ3n) is 6.10. The van der Waals surface area contributed by atoms with Gasteiger partial charge in [-0.05, 0) is 35.8 Å². The number of benzene rings is 1. The van der Waals surface area contributed by atoms with Gasteiger partial charge in [-0.3, -0.25) is 0 Å². The highest BCUT2D eigenvalue weighted by atomic mass is 32.2. The number of fused-ring (bicyclic) bond motifs is 2. The minimum atomic E-state index is -3.10. The second kappa shape index (κ2) is 6.48. The first-order valence-electron chi connectivity index (χ1n) is 9.12. The maximum absolute atomic E-state index is 11.9. The maximum Gasteiger partial charge on any atom is 0.211 e. The van der Waals surface area contributed by atoms with E-state index in [0.29, 0.717) is 19.1 Å². The van der Waals surface area contributed by atoms with E-state index in [9.17, 15) is 8.42 Å². The van der Waals surface area contributed by atoms with E-state index in [1.165, 1.54) is 17.4 Å². The zero-order valence-corrected chi connectivity index (χ0v) is 16.2. The Morgan fingerprint density at radius 2 is 2.00 bits per heavy atom. The molecule has 2 aromatic rings. The number of aromatic nitrogens is 2. The minimum Gasteiger partial charge on any atom is -0.337 e. The summed E-state index contributed by atoms with van der Waals surface area (Å²) < 4.78 is 27.4. The molecule has 0 saturated carbocycles. The van der Waals surface area contributed by atoms with Crippen molar-refractivity contribution in [2.45, 2.75) is 37.3 Å². The Hall–Kier alpha value is -1.70. The standard InChI is InChI=1S/C19H26N4O2S/c1-22-14-20-12-15(22)13-21-18-11-19(17-6-4-3-5-16(17)18)7-9-23(10-8-19)26(2,24)25/h3-6,12,14,18,21H,7-11,13H2,1-2H3. The molecule has 0 bridgehead atoms. The van der Waals surface area contributed by atoms with Crippen LogP contribution in [0.5, 0.6) is 0 Å². The van der Waals surface area contributed by atoms with Crippen LogP contribution in [0.25, 0.3) is 0 Å². The molecule has 1 aliphatic carbocycles. The molecule has 0 radical (unpaired) electrons. The molecule has 6 nitrogen and oxygen atoms in total. The highest BCUT2D eigenvalue weighted by molar-refractivity contribution is 7.88. The molecule has 1 N–H and O–H groups in total. The molecular formula is C19H26N4O2S. The second-order valence-electron chi connectivity index (χ2n) is 7.66. The first kappa shape index (κ1) is 17.7. The number of nitrogens with zero attached hydrogens (tertiary/aromatic N) is 3. The third kappa shape index (κ3) is 3.08. The molecule has 2 aliphatic rings. The Kier molecular flexibility index (Phi) is 4.41. The Balaban J connectivity index is 1.54. The van der Waals surface area contributed by atoms with Crippen LogP contribution in [0.4, 0.5) is 0 Å². The van der Waals surface area contributed by atoms with Crippen LogP contribution in [0, 0.1) is 0 Å². The van der Waals surface area contributed by atoms with Gasteiger partial charge in [0.1, 0.15) is 0 Å². The lowest BCUT2D eigenvalue weighted by atomic mass is 9.74. The monoisotopic (exact) mass is 374 g/mol. The fourth-order valence-corrected chi connectivity index (χ4v) is 5.42. The molecule has 2 heterocycles. The Labute approximate surface area is 155 Å². The number of sulfonamides is 1. The van der Waals surface area contributed by atoms with E-state index in [2.05, 4.69) is 34.6 Å². The molecule has 1 aromatic heterocycles. The van der Waals surface area contributed by atoms with Crippen molar-refractivity contribution in [2.24, 2.45) is 7.05 Å². The van der Waals surface area contributed by atoms with Crippen molar-refractivity contribution in [3.63, 3.8) is 0 Å². The van der Waals surface area contributed by atoms with Crippen LogP contribution in [0.1, 0.15) is 42.1 Å². The summed E-state index contributed by atoms with van der Waals surface area (Å²) in [4.78, 5) is 4.19. The topological polar surface area (TPSA) is 67.2 Å². The largest absolute Gasteiger partial charge is 0.337 e.